The predicted octanol–water partition coefficient (Wildman–Crippen LogP) is 1.63. The minimum absolute atomic E-state index is 0.200. The van der Waals surface area contributed by atoms with Gasteiger partial charge in [-0.3, -0.25) is 0 Å². The van der Waals surface area contributed by atoms with Crippen molar-refractivity contribution in [3.63, 3.8) is 0 Å². The second-order valence-corrected chi connectivity index (χ2v) is 5.40. The maximum Gasteiger partial charge on any atom is 0.322 e. The molecule has 2 amide bonds. The van der Waals surface area contributed by atoms with Crippen molar-refractivity contribution in [2.45, 2.75) is 13.1 Å². The number of amides is 2. The monoisotopic (exact) mass is 345 g/mol. The van der Waals surface area contributed by atoms with Gasteiger partial charge in [0.1, 0.15) is 0 Å². The summed E-state index contributed by atoms with van der Waals surface area (Å²) in [5.74, 6) is 1.58. The van der Waals surface area contributed by atoms with Gasteiger partial charge in [0, 0.05) is 23.9 Å². The number of rotatable bonds is 4. The highest BCUT2D eigenvalue weighted by molar-refractivity contribution is 5.90. The number of carbonyl (C=O) groups is 1. The largest absolute Gasteiger partial charge is 0.493 e. The number of nitrogens with two attached hydrogens (primary N) is 1. The molecule has 25 heavy (non-hydrogen) atoms. The van der Waals surface area contributed by atoms with E-state index in [1.165, 1.54) is 21.3 Å². The molecule has 1 aliphatic rings. The molecule has 1 aromatic heterocycles. The molecule has 0 fully saturated rings. The Hall–Kier alpha value is -3.23. The number of nitrogens with one attached hydrogen (secondary N) is 1. The number of ether oxygens (including phenoxy) is 3. The molecule has 0 aliphatic carbocycles. The number of nitrogen functional groups attached to an aromatic ring is 1. The highest BCUT2D eigenvalue weighted by Gasteiger charge is 2.25. The molecule has 132 valence electrons. The molecule has 9 nitrogen and oxygen atoms in total. The topological polar surface area (TPSA) is 112 Å². The number of nitrogens with zero attached hydrogens (tertiary/aromatic N) is 3. The van der Waals surface area contributed by atoms with E-state index in [-0.39, 0.29) is 12.0 Å². The summed E-state index contributed by atoms with van der Waals surface area (Å²) < 4.78 is 15.8. The molecule has 0 unspecified atom stereocenters. The van der Waals surface area contributed by atoms with Crippen LogP contribution in [0.1, 0.15) is 11.3 Å². The van der Waals surface area contributed by atoms with Gasteiger partial charge in [-0.05, 0) is 0 Å². The maximum absolute atomic E-state index is 12.5. The molecule has 9 heteroatoms. The minimum Gasteiger partial charge on any atom is -0.493 e. The number of urea groups is 1. The summed E-state index contributed by atoms with van der Waals surface area (Å²) in [5.41, 5.74) is 7.76. The van der Waals surface area contributed by atoms with Crippen LogP contribution in [0.25, 0.3) is 0 Å². The van der Waals surface area contributed by atoms with Crippen molar-refractivity contribution >= 4 is 17.7 Å². The van der Waals surface area contributed by atoms with E-state index in [0.29, 0.717) is 36.0 Å². The van der Waals surface area contributed by atoms with Crippen LogP contribution in [0.3, 0.4) is 0 Å². The number of methoxy groups -OCH3 is 3. The third-order valence-electron chi connectivity index (χ3n) is 3.88. The Morgan fingerprint density at radius 1 is 1.16 bits per heavy atom. The van der Waals surface area contributed by atoms with E-state index in [2.05, 4.69) is 15.3 Å². The molecule has 3 N–H and O–H groups in total. The molecule has 0 saturated heterocycles. The first-order valence-corrected chi connectivity index (χ1v) is 7.52. The molecular weight excluding hydrogens is 326 g/mol. The van der Waals surface area contributed by atoms with E-state index in [1.807, 2.05) is 0 Å². The van der Waals surface area contributed by atoms with E-state index < -0.39 is 0 Å². The predicted molar refractivity (Wildman–Crippen MR) is 90.8 cm³/mol. The van der Waals surface area contributed by atoms with Gasteiger partial charge in [0.05, 0.1) is 45.8 Å². The average Bonchev–Trinajstić information content (AvgIpc) is 3.04. The lowest BCUT2D eigenvalue weighted by Crippen LogP contribution is -2.30. The lowest BCUT2D eigenvalue weighted by Gasteiger charge is -2.18. The van der Waals surface area contributed by atoms with Crippen LogP contribution in [0.15, 0.2) is 18.3 Å². The van der Waals surface area contributed by atoms with Gasteiger partial charge in [0.2, 0.25) is 11.7 Å². The molecule has 0 spiro atoms. The van der Waals surface area contributed by atoms with E-state index >= 15 is 0 Å². The number of fused-ring (bicyclic) bond motifs is 1. The van der Waals surface area contributed by atoms with Gasteiger partial charge in [-0.15, -0.1) is 0 Å². The van der Waals surface area contributed by atoms with Crippen LogP contribution >= 0.6 is 0 Å². The van der Waals surface area contributed by atoms with Crippen molar-refractivity contribution in [1.29, 1.82) is 0 Å². The summed E-state index contributed by atoms with van der Waals surface area (Å²) in [6.07, 6.45) is 1.64. The normalized spacial score (nSPS) is 12.5. The third kappa shape index (κ3) is 3.21. The third-order valence-corrected chi connectivity index (χ3v) is 3.88. The first kappa shape index (κ1) is 16.6. The highest BCUT2D eigenvalue weighted by Crippen LogP contribution is 2.40. The quantitative estimate of drug-likeness (QED) is 0.866. The second-order valence-electron chi connectivity index (χ2n) is 5.40. The number of aromatic nitrogens is 2. The zero-order chi connectivity index (χ0) is 18.0. The van der Waals surface area contributed by atoms with Crippen LogP contribution < -0.4 is 25.3 Å². The smallest absolute Gasteiger partial charge is 0.322 e. The summed E-state index contributed by atoms with van der Waals surface area (Å²) in [7, 11) is 4.55. The fraction of sp³-hybridized carbons (Fsp3) is 0.312. The molecule has 0 bridgehead atoms. The zero-order valence-electron chi connectivity index (χ0n) is 14.2. The number of hydrogen-bond acceptors (Lipinski definition) is 7. The van der Waals surface area contributed by atoms with Gasteiger partial charge in [-0.2, -0.15) is 0 Å². The Morgan fingerprint density at radius 3 is 2.44 bits per heavy atom. The fourth-order valence-electron chi connectivity index (χ4n) is 2.67. The van der Waals surface area contributed by atoms with E-state index in [9.17, 15) is 4.79 Å². The SMILES string of the molecule is COc1cc(NC(=O)N2Cc3cnc(N)nc3C2)cc(OC)c1OC. The van der Waals surface area contributed by atoms with Crippen LogP contribution in [0.5, 0.6) is 17.2 Å². The van der Waals surface area contributed by atoms with Crippen molar-refractivity contribution < 1.29 is 19.0 Å². The average molecular weight is 345 g/mol. The Bertz CT molecular complexity index is 786. The van der Waals surface area contributed by atoms with Gasteiger partial charge < -0.3 is 30.2 Å². The molecule has 3 rings (SSSR count). The number of carbonyl (C=O) groups excluding carboxylic acids is 1. The van der Waals surface area contributed by atoms with Gasteiger partial charge in [0.25, 0.3) is 0 Å². The molecule has 0 radical (unpaired) electrons. The molecule has 0 saturated carbocycles. The number of hydrogen-bond donors (Lipinski definition) is 2. The highest BCUT2D eigenvalue weighted by atomic mass is 16.5. The van der Waals surface area contributed by atoms with Gasteiger partial charge in [-0.1, -0.05) is 0 Å². The molecule has 1 aromatic carbocycles. The Kier molecular flexibility index (Phi) is 4.46. The fourth-order valence-corrected chi connectivity index (χ4v) is 2.67. The first-order valence-electron chi connectivity index (χ1n) is 7.52. The van der Waals surface area contributed by atoms with Crippen LogP contribution in [-0.2, 0) is 13.1 Å². The van der Waals surface area contributed by atoms with Crippen molar-refractivity contribution in [3.05, 3.63) is 29.6 Å². The van der Waals surface area contributed by atoms with E-state index in [1.54, 1.807) is 23.2 Å². The zero-order valence-corrected chi connectivity index (χ0v) is 14.2. The Labute approximate surface area is 144 Å². The summed E-state index contributed by atoms with van der Waals surface area (Å²) in [6, 6.07) is 3.06. The summed E-state index contributed by atoms with van der Waals surface area (Å²) >= 11 is 0. The van der Waals surface area contributed by atoms with Crippen molar-refractivity contribution in [2.75, 3.05) is 32.4 Å². The van der Waals surface area contributed by atoms with Gasteiger partial charge in [0.15, 0.2) is 11.5 Å². The molecule has 2 heterocycles. The van der Waals surface area contributed by atoms with Crippen LogP contribution in [0.2, 0.25) is 0 Å². The van der Waals surface area contributed by atoms with E-state index in [4.69, 9.17) is 19.9 Å². The second kappa shape index (κ2) is 6.71. The lowest BCUT2D eigenvalue weighted by molar-refractivity contribution is 0.212. The van der Waals surface area contributed by atoms with Crippen molar-refractivity contribution in [3.8, 4) is 17.2 Å². The van der Waals surface area contributed by atoms with Crippen molar-refractivity contribution in [2.24, 2.45) is 0 Å². The Morgan fingerprint density at radius 2 is 1.84 bits per heavy atom. The lowest BCUT2D eigenvalue weighted by atomic mass is 10.2. The van der Waals surface area contributed by atoms with Crippen LogP contribution in [-0.4, -0.2) is 42.2 Å². The molecule has 2 aromatic rings. The van der Waals surface area contributed by atoms with Crippen molar-refractivity contribution in [1.82, 2.24) is 14.9 Å². The molecule has 0 atom stereocenters. The maximum atomic E-state index is 12.5. The van der Waals surface area contributed by atoms with Gasteiger partial charge >= 0.3 is 6.03 Å². The number of benzene rings is 1. The van der Waals surface area contributed by atoms with Gasteiger partial charge in [-0.25, -0.2) is 14.8 Å². The molecule has 1 aliphatic heterocycles. The molecular formula is C16H19N5O4. The van der Waals surface area contributed by atoms with Crippen LogP contribution in [0, 0.1) is 0 Å². The minimum atomic E-state index is -0.272. The summed E-state index contributed by atoms with van der Waals surface area (Å²) in [5, 5.41) is 2.83. The van der Waals surface area contributed by atoms with E-state index in [0.717, 1.165) is 11.3 Å². The first-order chi connectivity index (χ1) is 12.0. The standard InChI is InChI=1S/C16H19N5O4/c1-23-12-4-10(5-13(24-2)14(12)25-3)19-16(22)21-7-9-6-18-15(17)20-11(9)8-21/h4-6H,7-8H2,1-3H3,(H,19,22)(H2,17,18,20). The summed E-state index contributed by atoms with van der Waals surface area (Å²) in [4.78, 5) is 22.3. The number of anilines is 2. The summed E-state index contributed by atoms with van der Waals surface area (Å²) in [6.45, 7) is 0.796. The van der Waals surface area contributed by atoms with Crippen LogP contribution in [0.4, 0.5) is 16.4 Å². The Balaban J connectivity index is 1.78.